The second-order valence-corrected chi connectivity index (χ2v) is 9.34. The molecule has 218 valence electrons. The maximum absolute atomic E-state index is 13.4. The van der Waals surface area contributed by atoms with Crippen molar-refractivity contribution in [2.75, 3.05) is 30.9 Å². The fraction of sp³-hybridized carbons (Fsp3) is 0.385. The Bertz CT molecular complexity index is 1420. The number of hydrogen-bond donors (Lipinski definition) is 1. The molecule has 0 saturated carbocycles. The molecule has 3 aromatic rings. The molecule has 2 atom stereocenters. The van der Waals surface area contributed by atoms with E-state index in [1.165, 1.54) is 55.0 Å². The van der Waals surface area contributed by atoms with Gasteiger partial charge in [-0.25, -0.2) is 19.9 Å². The maximum Gasteiger partial charge on any atom is 0.451 e. The molecule has 0 aliphatic heterocycles. The molecular weight excluding hydrogens is 545 g/mol. The Morgan fingerprint density at radius 3 is 2.34 bits per heavy atom. The average molecular weight is 575 g/mol. The topological polar surface area (TPSA) is 143 Å². The van der Waals surface area contributed by atoms with Gasteiger partial charge in [0, 0.05) is 38.0 Å². The lowest BCUT2D eigenvalue weighted by Crippen LogP contribution is -2.37. The third-order valence-electron chi connectivity index (χ3n) is 6.37. The first-order valence-electron chi connectivity index (χ1n) is 12.5. The Kier molecular flexibility index (Phi) is 9.52. The molecule has 3 rings (SSSR count). The fourth-order valence-corrected chi connectivity index (χ4v) is 3.66. The van der Waals surface area contributed by atoms with Crippen molar-refractivity contribution in [3.8, 4) is 11.3 Å². The van der Waals surface area contributed by atoms with E-state index in [0.29, 0.717) is 12.8 Å². The monoisotopic (exact) mass is 574 g/mol. The predicted octanol–water partition coefficient (Wildman–Crippen LogP) is 3.23. The zero-order valence-corrected chi connectivity index (χ0v) is 23.0. The SMILES string of the molecule is CCC(C)C(=O)CN(C)C(=O)c1c(N(C)C=O)ncn1C(C)C(=O)Nc1cccc(-c2cnc(C(F)(F)F)nc2)n1. The van der Waals surface area contributed by atoms with Gasteiger partial charge in [-0.05, 0) is 25.5 Å². The Morgan fingerprint density at radius 2 is 1.76 bits per heavy atom. The largest absolute Gasteiger partial charge is 0.451 e. The van der Waals surface area contributed by atoms with Crippen LogP contribution in [0, 0.1) is 5.92 Å². The highest BCUT2D eigenvalue weighted by atomic mass is 19.4. The molecule has 0 saturated heterocycles. The van der Waals surface area contributed by atoms with Gasteiger partial charge in [-0.2, -0.15) is 13.2 Å². The van der Waals surface area contributed by atoms with Gasteiger partial charge in [0.1, 0.15) is 11.9 Å². The second kappa shape index (κ2) is 12.7. The number of Topliss-reactive ketones (excluding diaryl/α,β-unsaturated/α-hetero) is 1. The van der Waals surface area contributed by atoms with E-state index in [2.05, 4.69) is 25.3 Å². The number of hydrogen-bond acceptors (Lipinski definition) is 8. The van der Waals surface area contributed by atoms with Crippen molar-refractivity contribution in [3.63, 3.8) is 0 Å². The van der Waals surface area contributed by atoms with Crippen molar-refractivity contribution in [3.05, 3.63) is 48.4 Å². The zero-order chi connectivity index (χ0) is 30.5. The highest BCUT2D eigenvalue weighted by Crippen LogP contribution is 2.27. The molecular formula is C26H29F3N8O4. The maximum atomic E-state index is 13.4. The van der Waals surface area contributed by atoms with Crippen LogP contribution in [0.3, 0.4) is 0 Å². The van der Waals surface area contributed by atoms with E-state index >= 15 is 0 Å². The molecule has 3 amide bonds. The summed E-state index contributed by atoms with van der Waals surface area (Å²) in [5, 5.41) is 2.61. The molecule has 0 fully saturated rings. The summed E-state index contributed by atoms with van der Waals surface area (Å²) in [6.45, 7) is 4.94. The van der Waals surface area contributed by atoms with E-state index in [9.17, 15) is 32.3 Å². The summed E-state index contributed by atoms with van der Waals surface area (Å²) in [6, 6.07) is 3.48. The summed E-state index contributed by atoms with van der Waals surface area (Å²) in [5.41, 5.74) is 0.330. The van der Waals surface area contributed by atoms with Gasteiger partial charge < -0.3 is 19.7 Å². The minimum Gasteiger partial charge on any atom is -0.333 e. The number of alkyl halides is 3. The molecule has 0 aliphatic rings. The van der Waals surface area contributed by atoms with Crippen molar-refractivity contribution in [2.24, 2.45) is 5.92 Å². The summed E-state index contributed by atoms with van der Waals surface area (Å²) in [7, 11) is 2.83. The molecule has 0 bridgehead atoms. The summed E-state index contributed by atoms with van der Waals surface area (Å²) in [6.07, 6.45) is -0.438. The van der Waals surface area contributed by atoms with Crippen LogP contribution in [-0.4, -0.2) is 74.1 Å². The van der Waals surface area contributed by atoms with Gasteiger partial charge >= 0.3 is 6.18 Å². The average Bonchev–Trinajstić information content (AvgIpc) is 3.40. The Balaban J connectivity index is 1.86. The standard InChI is InChI=1S/C26H29F3N8O4/c1-6-15(2)19(39)12-35(4)24(41)21-22(36(5)14-38)32-13-37(21)16(3)23(40)34-20-9-7-8-18(33-20)17-10-30-25(31-11-17)26(27,28)29/h7-11,13-16H,6,12H2,1-5H3,(H,33,34,40). The number of imidazole rings is 1. The molecule has 0 radical (unpaired) electrons. The van der Waals surface area contributed by atoms with Crippen molar-refractivity contribution in [2.45, 2.75) is 39.4 Å². The van der Waals surface area contributed by atoms with Gasteiger partial charge in [0.05, 0.1) is 18.6 Å². The number of halogens is 3. The van der Waals surface area contributed by atoms with Crippen LogP contribution in [0.5, 0.6) is 0 Å². The number of carbonyl (C=O) groups excluding carboxylic acids is 4. The first kappa shape index (κ1) is 30.8. The molecule has 0 aliphatic carbocycles. The third kappa shape index (κ3) is 7.10. The van der Waals surface area contributed by atoms with E-state index in [4.69, 9.17) is 0 Å². The first-order valence-corrected chi connectivity index (χ1v) is 12.5. The van der Waals surface area contributed by atoms with E-state index in [-0.39, 0.29) is 46.8 Å². The van der Waals surface area contributed by atoms with Crippen LogP contribution in [-0.2, 0) is 20.6 Å². The van der Waals surface area contributed by atoms with Crippen LogP contribution in [0.1, 0.15) is 49.5 Å². The normalized spacial score (nSPS) is 12.8. The van der Waals surface area contributed by atoms with Gasteiger partial charge in [0.2, 0.25) is 18.1 Å². The summed E-state index contributed by atoms with van der Waals surface area (Å²) in [5.74, 6) is -2.85. The van der Waals surface area contributed by atoms with Crippen molar-refractivity contribution in [1.82, 2.24) is 29.4 Å². The number of amides is 3. The van der Waals surface area contributed by atoms with E-state index in [1.54, 1.807) is 6.92 Å². The van der Waals surface area contributed by atoms with Crippen molar-refractivity contribution >= 4 is 35.6 Å². The lowest BCUT2D eigenvalue weighted by atomic mass is 10.0. The highest BCUT2D eigenvalue weighted by Gasteiger charge is 2.34. The van der Waals surface area contributed by atoms with Crippen LogP contribution >= 0.6 is 0 Å². The van der Waals surface area contributed by atoms with Gasteiger partial charge in [0.15, 0.2) is 17.3 Å². The molecule has 3 heterocycles. The fourth-order valence-electron chi connectivity index (χ4n) is 3.66. The minimum atomic E-state index is -4.69. The molecule has 0 aromatic carbocycles. The highest BCUT2D eigenvalue weighted by molar-refractivity contribution is 6.02. The number of pyridine rings is 1. The predicted molar refractivity (Wildman–Crippen MR) is 142 cm³/mol. The van der Waals surface area contributed by atoms with Crippen LogP contribution < -0.4 is 10.2 Å². The van der Waals surface area contributed by atoms with Gasteiger partial charge in [-0.3, -0.25) is 19.2 Å². The van der Waals surface area contributed by atoms with Gasteiger partial charge in [-0.1, -0.05) is 19.9 Å². The number of anilines is 2. The van der Waals surface area contributed by atoms with Crippen LogP contribution in [0.4, 0.5) is 24.8 Å². The lowest BCUT2D eigenvalue weighted by molar-refractivity contribution is -0.145. The summed E-state index contributed by atoms with van der Waals surface area (Å²) >= 11 is 0. The molecule has 41 heavy (non-hydrogen) atoms. The van der Waals surface area contributed by atoms with Crippen molar-refractivity contribution in [1.29, 1.82) is 0 Å². The van der Waals surface area contributed by atoms with E-state index in [1.807, 2.05) is 6.92 Å². The number of nitrogens with zero attached hydrogens (tertiary/aromatic N) is 7. The summed E-state index contributed by atoms with van der Waals surface area (Å²) in [4.78, 5) is 67.9. The molecule has 15 heteroatoms. The Labute approximate surface area is 233 Å². The zero-order valence-electron chi connectivity index (χ0n) is 23.0. The lowest BCUT2D eigenvalue weighted by Gasteiger charge is -2.22. The number of carbonyl (C=O) groups is 4. The number of ketones is 1. The number of nitrogens with one attached hydrogen (secondary N) is 1. The van der Waals surface area contributed by atoms with Crippen LogP contribution in [0.15, 0.2) is 36.9 Å². The minimum absolute atomic E-state index is 0.00471. The molecule has 0 spiro atoms. The number of likely N-dealkylation sites (N-methyl/N-ethyl adjacent to an activating group) is 1. The van der Waals surface area contributed by atoms with Gasteiger partial charge in [0.25, 0.3) is 5.91 Å². The van der Waals surface area contributed by atoms with Crippen LogP contribution in [0.25, 0.3) is 11.3 Å². The Hall–Kier alpha value is -4.69. The third-order valence-corrected chi connectivity index (χ3v) is 6.37. The molecule has 1 N–H and O–H groups in total. The quantitative estimate of drug-likeness (QED) is 0.344. The number of aromatic nitrogens is 5. The smallest absolute Gasteiger partial charge is 0.333 e. The number of rotatable bonds is 11. The molecule has 3 aromatic heterocycles. The molecule has 12 nitrogen and oxygen atoms in total. The molecule has 2 unspecified atom stereocenters. The van der Waals surface area contributed by atoms with E-state index < -0.39 is 29.9 Å². The summed E-state index contributed by atoms with van der Waals surface area (Å²) < 4.78 is 39.6. The van der Waals surface area contributed by atoms with Crippen LogP contribution in [0.2, 0.25) is 0 Å². The second-order valence-electron chi connectivity index (χ2n) is 9.34. The van der Waals surface area contributed by atoms with Gasteiger partial charge in [-0.15, -0.1) is 0 Å². The first-order chi connectivity index (χ1) is 19.3. The Morgan fingerprint density at radius 1 is 1.10 bits per heavy atom. The van der Waals surface area contributed by atoms with E-state index in [0.717, 1.165) is 17.3 Å². The van der Waals surface area contributed by atoms with Crippen molar-refractivity contribution < 1.29 is 32.3 Å².